The number of carbonyl (C=O) groups is 1. The van der Waals surface area contributed by atoms with Crippen molar-refractivity contribution in [3.63, 3.8) is 0 Å². The molecule has 51 heavy (non-hydrogen) atoms. The molecule has 0 aliphatic carbocycles. The third kappa shape index (κ3) is 36.9. The third-order valence-corrected chi connectivity index (χ3v) is 10.1. The fraction of sp³-hybridized carbons (Fsp3) is 0.833. The lowest BCUT2D eigenvalue weighted by molar-refractivity contribution is -0.870. The Morgan fingerprint density at radius 1 is 0.647 bits per heavy atom. The normalized spacial score (nSPS) is 14.9. The van der Waals surface area contributed by atoms with Crippen molar-refractivity contribution in [2.75, 3.05) is 40.9 Å². The standard InChI is InChI=1S/C42H81N2O6P/c1-6-8-10-12-14-16-18-20-21-22-24-26-28-30-32-34-36-42(46)43-40(39-50-51(47,48)49-38-37-44(3,4)5)41(45)35-33-31-29-27-25-23-19-17-15-13-11-9-7-2/h21-22,25,27,33,35,40-41,45H,6-20,23-24,26,28-32,34,36-39H2,1-5H3,(H-,43,46,47,48)/p+1/b22-21-,27-25+,35-33+. The maximum atomic E-state index is 12.8. The lowest BCUT2D eigenvalue weighted by atomic mass is 10.1. The van der Waals surface area contributed by atoms with Gasteiger partial charge in [0.1, 0.15) is 13.2 Å². The van der Waals surface area contributed by atoms with Crippen LogP contribution in [0.15, 0.2) is 36.5 Å². The number of hydrogen-bond donors (Lipinski definition) is 3. The lowest BCUT2D eigenvalue weighted by Crippen LogP contribution is -2.45. The van der Waals surface area contributed by atoms with Crippen LogP contribution in [0, 0.1) is 0 Å². The smallest absolute Gasteiger partial charge is 0.387 e. The van der Waals surface area contributed by atoms with Crippen LogP contribution in [0.3, 0.4) is 0 Å². The molecule has 3 unspecified atom stereocenters. The van der Waals surface area contributed by atoms with Crippen LogP contribution in [0.5, 0.6) is 0 Å². The van der Waals surface area contributed by atoms with Crippen molar-refractivity contribution in [2.24, 2.45) is 0 Å². The maximum Gasteiger partial charge on any atom is 0.472 e. The number of quaternary nitrogens is 1. The summed E-state index contributed by atoms with van der Waals surface area (Å²) < 4.78 is 23.5. The topological polar surface area (TPSA) is 105 Å². The summed E-state index contributed by atoms with van der Waals surface area (Å²) in [5.41, 5.74) is 0. The van der Waals surface area contributed by atoms with Gasteiger partial charge in [-0.2, -0.15) is 0 Å². The third-order valence-electron chi connectivity index (χ3n) is 9.08. The summed E-state index contributed by atoms with van der Waals surface area (Å²) >= 11 is 0. The first-order chi connectivity index (χ1) is 24.5. The molecule has 0 bridgehead atoms. The molecule has 0 aromatic carbocycles. The van der Waals surface area contributed by atoms with Crippen molar-refractivity contribution >= 4 is 13.7 Å². The van der Waals surface area contributed by atoms with Gasteiger partial charge in [0.15, 0.2) is 0 Å². The molecule has 3 N–H and O–H groups in total. The van der Waals surface area contributed by atoms with Gasteiger partial charge in [-0.1, -0.05) is 147 Å². The Labute approximate surface area is 315 Å². The number of rotatable bonds is 37. The monoisotopic (exact) mass is 742 g/mol. The fourth-order valence-electron chi connectivity index (χ4n) is 5.70. The van der Waals surface area contributed by atoms with Crippen molar-refractivity contribution < 1.29 is 32.9 Å². The van der Waals surface area contributed by atoms with Gasteiger partial charge in [-0.15, -0.1) is 0 Å². The summed E-state index contributed by atoms with van der Waals surface area (Å²) in [7, 11) is 1.55. The van der Waals surface area contributed by atoms with E-state index in [4.69, 9.17) is 9.05 Å². The molecular formula is C42H82N2O6P+. The molecule has 0 radical (unpaired) electrons. The van der Waals surface area contributed by atoms with E-state index in [0.29, 0.717) is 17.4 Å². The molecule has 0 aromatic heterocycles. The summed E-state index contributed by atoms with van der Waals surface area (Å²) in [6, 6.07) is -0.864. The predicted molar refractivity (Wildman–Crippen MR) is 217 cm³/mol. The average molecular weight is 742 g/mol. The van der Waals surface area contributed by atoms with Crippen LogP contribution in [-0.2, 0) is 18.4 Å². The first-order valence-corrected chi connectivity index (χ1v) is 22.4. The summed E-state index contributed by atoms with van der Waals surface area (Å²) in [4.78, 5) is 23.0. The van der Waals surface area contributed by atoms with Crippen LogP contribution >= 0.6 is 7.82 Å². The summed E-state index contributed by atoms with van der Waals surface area (Å²) in [5.74, 6) is -0.198. The number of aliphatic hydroxyl groups excluding tert-OH is 1. The molecule has 0 saturated heterocycles. The Morgan fingerprint density at radius 2 is 1.08 bits per heavy atom. The molecule has 0 spiro atoms. The van der Waals surface area contributed by atoms with Crippen LogP contribution in [0.4, 0.5) is 0 Å². The fourth-order valence-corrected chi connectivity index (χ4v) is 6.43. The number of phosphoric ester groups is 1. The van der Waals surface area contributed by atoms with Crippen molar-refractivity contribution in [3.8, 4) is 0 Å². The molecule has 0 aliphatic heterocycles. The summed E-state index contributed by atoms with van der Waals surface area (Å²) in [6.07, 6.45) is 40.7. The highest BCUT2D eigenvalue weighted by Gasteiger charge is 2.27. The predicted octanol–water partition coefficient (Wildman–Crippen LogP) is 11.1. The van der Waals surface area contributed by atoms with Crippen molar-refractivity contribution in [2.45, 2.75) is 187 Å². The van der Waals surface area contributed by atoms with Crippen LogP contribution in [0.2, 0.25) is 0 Å². The van der Waals surface area contributed by atoms with Gasteiger partial charge in [0.2, 0.25) is 5.91 Å². The molecule has 1 amide bonds. The van der Waals surface area contributed by atoms with Gasteiger partial charge in [-0.25, -0.2) is 4.57 Å². The van der Waals surface area contributed by atoms with Gasteiger partial charge in [-0.3, -0.25) is 13.8 Å². The van der Waals surface area contributed by atoms with Gasteiger partial charge in [0.05, 0.1) is 39.9 Å². The zero-order chi connectivity index (χ0) is 37.9. The molecule has 0 heterocycles. The van der Waals surface area contributed by atoms with Gasteiger partial charge >= 0.3 is 7.82 Å². The van der Waals surface area contributed by atoms with E-state index < -0.39 is 20.0 Å². The molecule has 0 saturated carbocycles. The van der Waals surface area contributed by atoms with E-state index in [2.05, 4.69) is 43.5 Å². The van der Waals surface area contributed by atoms with E-state index >= 15 is 0 Å². The number of unbranched alkanes of at least 4 members (excludes halogenated alkanes) is 20. The van der Waals surface area contributed by atoms with Crippen LogP contribution in [0.25, 0.3) is 0 Å². The number of phosphoric acid groups is 1. The Balaban J connectivity index is 4.53. The molecule has 3 atom stereocenters. The number of amides is 1. The molecule has 0 aromatic rings. The van der Waals surface area contributed by atoms with Crippen molar-refractivity contribution in [3.05, 3.63) is 36.5 Å². The highest BCUT2D eigenvalue weighted by molar-refractivity contribution is 7.47. The van der Waals surface area contributed by atoms with E-state index in [1.807, 2.05) is 27.2 Å². The zero-order valence-corrected chi connectivity index (χ0v) is 34.7. The number of nitrogens with one attached hydrogen (secondary N) is 1. The van der Waals surface area contributed by atoms with Crippen LogP contribution in [-0.4, -0.2) is 73.4 Å². The first kappa shape index (κ1) is 49.7. The Bertz CT molecular complexity index is 933. The quantitative estimate of drug-likeness (QED) is 0.0253. The number of hydrogen-bond acceptors (Lipinski definition) is 5. The highest BCUT2D eigenvalue weighted by atomic mass is 31.2. The lowest BCUT2D eigenvalue weighted by Gasteiger charge is -2.25. The molecule has 0 rings (SSSR count). The number of aliphatic hydroxyl groups is 1. The van der Waals surface area contributed by atoms with Gasteiger partial charge in [-0.05, 0) is 57.8 Å². The zero-order valence-electron chi connectivity index (χ0n) is 33.8. The second-order valence-electron chi connectivity index (χ2n) is 15.4. The van der Waals surface area contributed by atoms with Crippen LogP contribution in [0.1, 0.15) is 174 Å². The molecule has 8 nitrogen and oxygen atoms in total. The molecule has 0 aliphatic rings. The number of allylic oxidation sites excluding steroid dienone is 5. The number of likely N-dealkylation sites (N-methyl/N-ethyl adjacent to an activating group) is 1. The molecule has 0 fully saturated rings. The largest absolute Gasteiger partial charge is 0.472 e. The van der Waals surface area contributed by atoms with E-state index in [1.165, 1.54) is 103 Å². The van der Waals surface area contributed by atoms with E-state index in [-0.39, 0.29) is 19.1 Å². The average Bonchev–Trinajstić information content (AvgIpc) is 3.07. The second-order valence-corrected chi connectivity index (χ2v) is 16.8. The van der Waals surface area contributed by atoms with E-state index in [9.17, 15) is 19.4 Å². The first-order valence-electron chi connectivity index (χ1n) is 20.9. The summed E-state index contributed by atoms with van der Waals surface area (Å²) in [5, 5.41) is 13.7. The Hall–Kier alpha value is -1.28. The SMILES string of the molecule is CCCCCCCCC/C=C\CCCCCCCC(=O)NC(COP(=O)(O)OCC[N+](C)(C)C)C(O)/C=C/CC/C=C/CCCCCCCCC. The molecular weight excluding hydrogens is 659 g/mol. The minimum Gasteiger partial charge on any atom is -0.387 e. The van der Waals surface area contributed by atoms with E-state index in [0.717, 1.165) is 51.4 Å². The molecule has 300 valence electrons. The number of nitrogens with zero attached hydrogens (tertiary/aromatic N) is 1. The van der Waals surface area contributed by atoms with Gasteiger partial charge in [0, 0.05) is 6.42 Å². The molecule has 9 heteroatoms. The minimum absolute atomic E-state index is 0.0543. The Morgan fingerprint density at radius 3 is 1.57 bits per heavy atom. The highest BCUT2D eigenvalue weighted by Crippen LogP contribution is 2.43. The van der Waals surface area contributed by atoms with Crippen molar-refractivity contribution in [1.29, 1.82) is 0 Å². The number of carbonyl (C=O) groups excluding carboxylic acids is 1. The van der Waals surface area contributed by atoms with Crippen LogP contribution < -0.4 is 5.32 Å². The maximum absolute atomic E-state index is 12.8. The Kier molecular flexibility index (Phi) is 33.6. The van der Waals surface area contributed by atoms with Gasteiger partial charge < -0.3 is 19.8 Å². The minimum atomic E-state index is -4.34. The van der Waals surface area contributed by atoms with E-state index in [1.54, 1.807) is 6.08 Å². The van der Waals surface area contributed by atoms with Crippen molar-refractivity contribution in [1.82, 2.24) is 5.32 Å². The second kappa shape index (κ2) is 34.5. The summed E-state index contributed by atoms with van der Waals surface area (Å²) in [6.45, 7) is 4.76. The van der Waals surface area contributed by atoms with Gasteiger partial charge in [0.25, 0.3) is 0 Å².